The molecule has 2 bridgehead atoms. The maximum Gasteiger partial charge on any atom is 0.227 e. The van der Waals surface area contributed by atoms with E-state index in [9.17, 15) is 4.79 Å². The van der Waals surface area contributed by atoms with Gasteiger partial charge in [-0.3, -0.25) is 4.79 Å². The fourth-order valence-corrected chi connectivity index (χ4v) is 2.71. The summed E-state index contributed by atoms with van der Waals surface area (Å²) in [6.45, 7) is 3.82. The Bertz CT molecular complexity index is 250. The van der Waals surface area contributed by atoms with E-state index in [4.69, 9.17) is 16.3 Å². The molecule has 3 fully saturated rings. The van der Waals surface area contributed by atoms with Gasteiger partial charge < -0.3 is 4.74 Å². The highest BCUT2D eigenvalue weighted by molar-refractivity contribution is 6.65. The molecule has 3 saturated carbocycles. The fourth-order valence-electron chi connectivity index (χ4n) is 2.51. The van der Waals surface area contributed by atoms with Gasteiger partial charge in [-0.25, -0.2) is 0 Å². The quantitative estimate of drug-likeness (QED) is 0.498. The van der Waals surface area contributed by atoms with Crippen LogP contribution in [0.5, 0.6) is 0 Å². The first-order chi connectivity index (χ1) is 5.55. The fraction of sp³-hybridized carbons (Fsp3) is 0.667. The molecule has 0 heterocycles. The van der Waals surface area contributed by atoms with Crippen LogP contribution in [0, 0.1) is 10.8 Å². The summed E-state index contributed by atoms with van der Waals surface area (Å²) in [5.41, 5.74) is -0.109. The topological polar surface area (TPSA) is 26.3 Å². The zero-order valence-corrected chi connectivity index (χ0v) is 7.78. The molecule has 0 N–H and O–H groups in total. The first-order valence-corrected chi connectivity index (χ1v) is 4.36. The average molecular weight is 187 g/mol. The first kappa shape index (κ1) is 8.11. The largest absolute Gasteiger partial charge is 0.501 e. The van der Waals surface area contributed by atoms with E-state index in [1.807, 2.05) is 0 Å². The van der Waals surface area contributed by atoms with Crippen LogP contribution >= 0.6 is 11.6 Å². The second kappa shape index (κ2) is 2.05. The van der Waals surface area contributed by atoms with Crippen molar-refractivity contribution in [2.75, 3.05) is 7.11 Å². The van der Waals surface area contributed by atoms with Crippen molar-refractivity contribution in [1.29, 1.82) is 0 Å². The van der Waals surface area contributed by atoms with Crippen molar-refractivity contribution >= 4 is 16.8 Å². The third-order valence-corrected chi connectivity index (χ3v) is 3.69. The van der Waals surface area contributed by atoms with Gasteiger partial charge in [0.15, 0.2) is 0 Å². The molecule has 66 valence electrons. The second-order valence-electron chi connectivity index (χ2n) is 3.99. The summed E-state index contributed by atoms with van der Waals surface area (Å²) in [6, 6.07) is 0. The minimum Gasteiger partial charge on any atom is -0.501 e. The van der Waals surface area contributed by atoms with Crippen LogP contribution in [0.4, 0.5) is 0 Å². The van der Waals surface area contributed by atoms with Crippen LogP contribution in [0.3, 0.4) is 0 Å². The van der Waals surface area contributed by atoms with Crippen LogP contribution in [-0.2, 0) is 9.53 Å². The Balaban J connectivity index is 2.04. The van der Waals surface area contributed by atoms with Gasteiger partial charge in [-0.15, -0.1) is 0 Å². The van der Waals surface area contributed by atoms with Gasteiger partial charge in [0.25, 0.3) is 0 Å². The van der Waals surface area contributed by atoms with E-state index < -0.39 is 0 Å². The Labute approximate surface area is 76.5 Å². The molecule has 3 rings (SSSR count). The van der Waals surface area contributed by atoms with Crippen LogP contribution in [0.25, 0.3) is 0 Å². The number of carbonyl (C=O) groups is 1. The lowest BCUT2D eigenvalue weighted by Crippen LogP contribution is -2.65. The normalized spacial score (nSPS) is 42.5. The molecule has 0 unspecified atom stereocenters. The number of rotatable bonds is 3. The minimum atomic E-state index is -0.205. The number of hydrogen-bond acceptors (Lipinski definition) is 2. The van der Waals surface area contributed by atoms with Crippen LogP contribution in [-0.4, -0.2) is 12.4 Å². The van der Waals surface area contributed by atoms with Gasteiger partial charge in [0.05, 0.1) is 12.9 Å². The highest BCUT2D eigenvalue weighted by Gasteiger charge is 2.72. The van der Waals surface area contributed by atoms with Crippen molar-refractivity contribution in [3.63, 3.8) is 0 Å². The van der Waals surface area contributed by atoms with Crippen LogP contribution in [0.1, 0.15) is 19.3 Å². The number of hydrogen-bond donors (Lipinski definition) is 0. The summed E-state index contributed by atoms with van der Waals surface area (Å²) >= 11 is 5.46. The van der Waals surface area contributed by atoms with E-state index in [-0.39, 0.29) is 16.1 Å². The van der Waals surface area contributed by atoms with Crippen molar-refractivity contribution in [2.24, 2.45) is 10.8 Å². The summed E-state index contributed by atoms with van der Waals surface area (Å²) in [5.74, 6) is 0.808. The van der Waals surface area contributed by atoms with E-state index in [1.165, 1.54) is 0 Å². The molecule has 2 nitrogen and oxygen atoms in total. The van der Waals surface area contributed by atoms with Crippen molar-refractivity contribution in [3.8, 4) is 0 Å². The standard InChI is InChI=1S/C9H11ClO2/c1-6(12-2)8-3-9(4-8,5-8)7(10)11/h1,3-5H2,2H3. The molecule has 12 heavy (non-hydrogen) atoms. The molecule has 0 saturated heterocycles. The van der Waals surface area contributed by atoms with E-state index in [1.54, 1.807) is 7.11 Å². The molecule has 0 aromatic carbocycles. The van der Waals surface area contributed by atoms with E-state index in [0.29, 0.717) is 0 Å². The SMILES string of the molecule is C=C(OC)C12CC(C(=O)Cl)(C1)C2. The lowest BCUT2D eigenvalue weighted by molar-refractivity contribution is -0.193. The Kier molecular flexibility index (Phi) is 1.39. The highest BCUT2D eigenvalue weighted by atomic mass is 35.5. The molecule has 3 heteroatoms. The second-order valence-corrected chi connectivity index (χ2v) is 4.34. The van der Waals surface area contributed by atoms with Crippen molar-refractivity contribution in [3.05, 3.63) is 12.3 Å². The van der Waals surface area contributed by atoms with Crippen molar-refractivity contribution in [2.45, 2.75) is 19.3 Å². The Hall–Kier alpha value is -0.500. The molecule has 0 aromatic heterocycles. The monoisotopic (exact) mass is 186 g/mol. The van der Waals surface area contributed by atoms with Gasteiger partial charge in [-0.1, -0.05) is 6.58 Å². The van der Waals surface area contributed by atoms with Crippen molar-refractivity contribution in [1.82, 2.24) is 0 Å². The smallest absolute Gasteiger partial charge is 0.227 e. The Morgan fingerprint density at radius 1 is 1.42 bits per heavy atom. The van der Waals surface area contributed by atoms with Gasteiger partial charge in [0, 0.05) is 10.8 Å². The Morgan fingerprint density at radius 2 is 1.92 bits per heavy atom. The summed E-state index contributed by atoms with van der Waals surface area (Å²) in [7, 11) is 1.62. The molecule has 3 aliphatic carbocycles. The number of halogens is 1. The molecule has 3 aliphatic rings. The lowest BCUT2D eigenvalue weighted by atomic mass is 9.35. The molecular weight excluding hydrogens is 176 g/mol. The molecule has 0 aliphatic heterocycles. The zero-order chi connectivity index (χ0) is 8.98. The molecular formula is C9H11ClO2. The third-order valence-electron chi connectivity index (χ3n) is 3.29. The zero-order valence-electron chi connectivity index (χ0n) is 7.02. The summed E-state index contributed by atoms with van der Waals surface area (Å²) in [6.07, 6.45) is 2.53. The van der Waals surface area contributed by atoms with Gasteiger partial charge >= 0.3 is 0 Å². The summed E-state index contributed by atoms with van der Waals surface area (Å²) in [5, 5.41) is -0.187. The van der Waals surface area contributed by atoms with E-state index >= 15 is 0 Å². The third kappa shape index (κ3) is 0.692. The summed E-state index contributed by atoms with van der Waals surface area (Å²) in [4.78, 5) is 10.9. The van der Waals surface area contributed by atoms with E-state index in [0.717, 1.165) is 25.0 Å². The summed E-state index contributed by atoms with van der Waals surface area (Å²) < 4.78 is 5.07. The number of ether oxygens (including phenoxy) is 1. The van der Waals surface area contributed by atoms with E-state index in [2.05, 4.69) is 6.58 Å². The Morgan fingerprint density at radius 3 is 2.25 bits per heavy atom. The number of methoxy groups -OCH3 is 1. The molecule has 0 aromatic rings. The van der Waals surface area contributed by atoms with Gasteiger partial charge in [0.2, 0.25) is 5.24 Å². The predicted molar refractivity (Wildman–Crippen MR) is 45.7 cm³/mol. The van der Waals surface area contributed by atoms with Crippen LogP contribution < -0.4 is 0 Å². The van der Waals surface area contributed by atoms with Gasteiger partial charge in [0.1, 0.15) is 0 Å². The molecule has 0 atom stereocenters. The lowest BCUT2D eigenvalue weighted by Gasteiger charge is -2.68. The maximum atomic E-state index is 10.9. The maximum absolute atomic E-state index is 10.9. The number of allylic oxidation sites excluding steroid dienone is 1. The molecule has 0 amide bonds. The van der Waals surface area contributed by atoms with Crippen molar-refractivity contribution < 1.29 is 9.53 Å². The average Bonchev–Trinajstić information content (AvgIpc) is 1.80. The minimum absolute atomic E-state index is 0.0965. The first-order valence-electron chi connectivity index (χ1n) is 3.98. The van der Waals surface area contributed by atoms with Crippen LogP contribution in [0.2, 0.25) is 0 Å². The highest BCUT2D eigenvalue weighted by Crippen LogP contribution is 2.76. The predicted octanol–water partition coefficient (Wildman–Crippen LogP) is 2.08. The van der Waals surface area contributed by atoms with Crippen LogP contribution in [0.15, 0.2) is 12.3 Å². The number of carbonyl (C=O) groups excluding carboxylic acids is 1. The van der Waals surface area contributed by atoms with Gasteiger partial charge in [-0.05, 0) is 30.9 Å². The molecule has 0 spiro atoms. The molecule has 0 radical (unpaired) electrons. The van der Waals surface area contributed by atoms with Gasteiger partial charge in [-0.2, -0.15) is 0 Å².